The third-order valence-electron chi connectivity index (χ3n) is 6.77. The number of benzene rings is 5. The Kier molecular flexibility index (Phi) is 7.18. The van der Waals surface area contributed by atoms with Gasteiger partial charge in [-0.25, -0.2) is 0 Å². The molecule has 0 saturated carbocycles. The summed E-state index contributed by atoms with van der Waals surface area (Å²) in [5.74, 6) is 0. The first-order valence-corrected chi connectivity index (χ1v) is 15.6. The molecule has 0 radical (unpaired) electrons. The normalized spacial score (nSPS) is 11.4. The van der Waals surface area contributed by atoms with Crippen LogP contribution in [0.5, 0.6) is 0 Å². The Hall–Kier alpha value is -2.69. The average Bonchev–Trinajstić information content (AvgIpc) is 2.82. The van der Waals surface area contributed by atoms with E-state index in [1.54, 1.807) is 0 Å². The van der Waals surface area contributed by atoms with Crippen LogP contribution < -0.4 is 24.8 Å². The van der Waals surface area contributed by atoms with E-state index < -0.39 is 7.92 Å². The molecule has 2 heteroatoms. The standard InChI is InChI=1S/C34H33PSe/c1-22-18-24(3)33(25(4)19-22)35(34-26(5)20-23(2)21-27(34)6)30-16-10-12-28-13-11-17-31(32(28)30)36-29-14-8-7-9-15-29/h7-21H,1-6H3. The molecule has 5 rings (SSSR count). The molecule has 0 spiro atoms. The van der Waals surface area contributed by atoms with Gasteiger partial charge in [0.1, 0.15) is 0 Å². The van der Waals surface area contributed by atoms with E-state index in [0.29, 0.717) is 0 Å². The molecule has 0 aliphatic carbocycles. The molecular weight excluding hydrogens is 518 g/mol. The van der Waals surface area contributed by atoms with Crippen LogP contribution >= 0.6 is 7.92 Å². The first-order chi connectivity index (χ1) is 17.3. The molecule has 0 N–H and O–H groups in total. The number of hydrogen-bond donors (Lipinski definition) is 0. The van der Waals surface area contributed by atoms with Crippen molar-refractivity contribution in [1.29, 1.82) is 0 Å². The monoisotopic (exact) mass is 552 g/mol. The van der Waals surface area contributed by atoms with Gasteiger partial charge in [-0.1, -0.05) is 0 Å². The summed E-state index contributed by atoms with van der Waals surface area (Å²) >= 11 is 0.243. The summed E-state index contributed by atoms with van der Waals surface area (Å²) in [6.45, 7) is 13.7. The van der Waals surface area contributed by atoms with Gasteiger partial charge < -0.3 is 0 Å². The molecule has 0 fully saturated rings. The molecule has 0 bridgehead atoms. The summed E-state index contributed by atoms with van der Waals surface area (Å²) < 4.78 is 2.89. The number of hydrogen-bond acceptors (Lipinski definition) is 0. The predicted octanol–water partition coefficient (Wildman–Crippen LogP) is 6.10. The van der Waals surface area contributed by atoms with Gasteiger partial charge in [0.25, 0.3) is 0 Å². The van der Waals surface area contributed by atoms with Gasteiger partial charge in [0, 0.05) is 0 Å². The summed E-state index contributed by atoms with van der Waals surface area (Å²) in [5, 5.41) is 7.32. The van der Waals surface area contributed by atoms with E-state index in [-0.39, 0.29) is 15.0 Å². The summed E-state index contributed by atoms with van der Waals surface area (Å²) in [4.78, 5) is 0. The van der Waals surface area contributed by atoms with Gasteiger partial charge >= 0.3 is 224 Å². The molecule has 0 heterocycles. The second-order valence-corrected chi connectivity index (χ2v) is 14.3. The van der Waals surface area contributed by atoms with Crippen LogP contribution in [0.15, 0.2) is 91.0 Å². The Balaban J connectivity index is 1.85. The van der Waals surface area contributed by atoms with E-state index in [1.807, 2.05) is 0 Å². The Morgan fingerprint density at radius 1 is 0.528 bits per heavy atom. The fourth-order valence-electron chi connectivity index (χ4n) is 5.58. The number of rotatable bonds is 5. The molecule has 0 unspecified atom stereocenters. The van der Waals surface area contributed by atoms with Crippen molar-refractivity contribution in [2.75, 3.05) is 0 Å². The van der Waals surface area contributed by atoms with Crippen molar-refractivity contribution in [3.63, 3.8) is 0 Å². The molecule has 5 aromatic rings. The van der Waals surface area contributed by atoms with E-state index in [2.05, 4.69) is 133 Å². The zero-order chi connectivity index (χ0) is 25.4. The molecule has 0 aliphatic rings. The zero-order valence-electron chi connectivity index (χ0n) is 22.0. The van der Waals surface area contributed by atoms with E-state index in [0.717, 1.165) is 0 Å². The summed E-state index contributed by atoms with van der Waals surface area (Å²) in [5.41, 5.74) is 8.29. The fraction of sp³-hybridized carbons (Fsp3) is 0.176. The van der Waals surface area contributed by atoms with Gasteiger partial charge in [-0.05, 0) is 0 Å². The minimum absolute atomic E-state index is 0.243. The van der Waals surface area contributed by atoms with Gasteiger partial charge in [-0.3, -0.25) is 0 Å². The number of fused-ring (bicyclic) bond motifs is 1. The molecule has 0 aliphatic heterocycles. The molecule has 36 heavy (non-hydrogen) atoms. The van der Waals surface area contributed by atoms with Crippen molar-refractivity contribution < 1.29 is 0 Å². The van der Waals surface area contributed by atoms with E-state index in [9.17, 15) is 0 Å². The third kappa shape index (κ3) is 4.81. The van der Waals surface area contributed by atoms with Crippen molar-refractivity contribution in [3.8, 4) is 0 Å². The summed E-state index contributed by atoms with van der Waals surface area (Å²) in [6.07, 6.45) is 0. The fourth-order valence-corrected chi connectivity index (χ4v) is 11.0. The maximum atomic E-state index is 2.41. The Bertz CT molecular complexity index is 1460. The SMILES string of the molecule is Cc1cc(C)c(P(c2c(C)cc(C)cc2C)c2cccc3cccc([Se]c4ccccc4)c23)c(C)c1. The van der Waals surface area contributed by atoms with Crippen LogP contribution in [0.1, 0.15) is 33.4 Å². The molecule has 0 atom stereocenters. The van der Waals surface area contributed by atoms with Gasteiger partial charge in [-0.15, -0.1) is 0 Å². The molecule has 180 valence electrons. The van der Waals surface area contributed by atoms with Gasteiger partial charge in [-0.2, -0.15) is 0 Å². The molecule has 0 aromatic heterocycles. The molecular formula is C34H33PSe. The average molecular weight is 552 g/mol. The Morgan fingerprint density at radius 2 is 1.03 bits per heavy atom. The second kappa shape index (κ2) is 10.4. The van der Waals surface area contributed by atoms with Gasteiger partial charge in [0.15, 0.2) is 0 Å². The maximum absolute atomic E-state index is 2.41. The quantitative estimate of drug-likeness (QED) is 0.183. The van der Waals surface area contributed by atoms with Crippen molar-refractivity contribution >= 4 is 58.5 Å². The van der Waals surface area contributed by atoms with Crippen LogP contribution in [-0.4, -0.2) is 15.0 Å². The van der Waals surface area contributed by atoms with Crippen LogP contribution in [0.25, 0.3) is 10.8 Å². The summed E-state index contributed by atoms with van der Waals surface area (Å²) in [6, 6.07) is 34.3. The molecule has 5 aromatic carbocycles. The predicted molar refractivity (Wildman–Crippen MR) is 163 cm³/mol. The van der Waals surface area contributed by atoms with E-state index >= 15 is 0 Å². The third-order valence-corrected chi connectivity index (χ3v) is 12.2. The van der Waals surface area contributed by atoms with Gasteiger partial charge in [0.2, 0.25) is 0 Å². The van der Waals surface area contributed by atoms with Crippen LogP contribution in [0.3, 0.4) is 0 Å². The number of aryl methyl sites for hydroxylation is 6. The van der Waals surface area contributed by atoms with Crippen LogP contribution in [-0.2, 0) is 0 Å². The minimum atomic E-state index is -0.735. The van der Waals surface area contributed by atoms with Crippen LogP contribution in [0.4, 0.5) is 0 Å². The van der Waals surface area contributed by atoms with Gasteiger partial charge in [0.05, 0.1) is 0 Å². The van der Waals surface area contributed by atoms with E-state index in [4.69, 9.17) is 0 Å². The zero-order valence-corrected chi connectivity index (χ0v) is 24.6. The van der Waals surface area contributed by atoms with Crippen LogP contribution in [0.2, 0.25) is 0 Å². The molecule has 0 nitrogen and oxygen atoms in total. The molecule has 0 saturated heterocycles. The Labute approximate surface area is 223 Å². The van der Waals surface area contributed by atoms with Crippen molar-refractivity contribution in [3.05, 3.63) is 124 Å². The van der Waals surface area contributed by atoms with E-state index in [1.165, 1.54) is 69.0 Å². The first kappa shape index (κ1) is 25.0. The Morgan fingerprint density at radius 3 is 1.56 bits per heavy atom. The summed E-state index contributed by atoms with van der Waals surface area (Å²) in [7, 11) is -0.735. The second-order valence-electron chi connectivity index (χ2n) is 9.88. The van der Waals surface area contributed by atoms with Crippen LogP contribution in [0, 0.1) is 41.5 Å². The van der Waals surface area contributed by atoms with Crippen molar-refractivity contribution in [1.82, 2.24) is 0 Å². The topological polar surface area (TPSA) is 0 Å². The molecule has 0 amide bonds. The first-order valence-electron chi connectivity index (χ1n) is 12.5. The van der Waals surface area contributed by atoms with Crippen molar-refractivity contribution in [2.24, 2.45) is 0 Å². The van der Waals surface area contributed by atoms with Crippen molar-refractivity contribution in [2.45, 2.75) is 41.5 Å².